The predicted molar refractivity (Wildman–Crippen MR) is 60.6 cm³/mol. The van der Waals surface area contributed by atoms with Gasteiger partial charge >= 0.3 is 37.7 Å². The first-order valence-electron chi connectivity index (χ1n) is 0.855. The SMILES string of the molecule is N#C[S-].N#C[S-].O.O.O.O.O.O.O.O.[Ca+2]. The summed E-state index contributed by atoms with van der Waals surface area (Å²) in [6.07, 6.45) is 0. The average Bonchev–Trinajstić information content (AvgIpc) is 1.39. The van der Waals surface area contributed by atoms with Crippen LogP contribution < -0.4 is 0 Å². The summed E-state index contributed by atoms with van der Waals surface area (Å²) in [5.74, 6) is 0. The van der Waals surface area contributed by atoms with Gasteiger partial charge < -0.3 is 69.1 Å². The van der Waals surface area contributed by atoms with Crippen molar-refractivity contribution in [3.63, 3.8) is 0 Å². The molecule has 0 aliphatic heterocycles. The van der Waals surface area contributed by atoms with Gasteiger partial charge in [-0.05, 0) is 0 Å². The number of thiocyanates is 2. The Morgan fingerprint density at radius 3 is 0.533 bits per heavy atom. The normalized spacial score (nSPS) is 0.933. The molecule has 16 N–H and O–H groups in total. The van der Waals surface area contributed by atoms with Crippen LogP contribution in [0.4, 0.5) is 0 Å². The molecule has 0 bridgehead atoms. The van der Waals surface area contributed by atoms with Crippen molar-refractivity contribution in [1.82, 2.24) is 0 Å². The van der Waals surface area contributed by atoms with Gasteiger partial charge in [0.2, 0.25) is 0 Å². The molecule has 0 amide bonds. The Morgan fingerprint density at radius 2 is 0.533 bits per heavy atom. The molecule has 0 spiro atoms. The molecule has 0 atom stereocenters. The zero-order chi connectivity index (χ0) is 5.41. The first-order chi connectivity index (χ1) is 2.83. The molecule has 0 heterocycles. The second-order valence-electron chi connectivity index (χ2n) is 0.183. The summed E-state index contributed by atoms with van der Waals surface area (Å²) in [5, 5.41) is 16.9. The zero-order valence-electron chi connectivity index (χ0n) is 7.42. The molecule has 13 heteroatoms. The van der Waals surface area contributed by atoms with Gasteiger partial charge in [0, 0.05) is 0 Å². The van der Waals surface area contributed by atoms with E-state index in [9.17, 15) is 0 Å². The minimum atomic E-state index is 0. The van der Waals surface area contributed by atoms with Crippen LogP contribution in [-0.4, -0.2) is 81.5 Å². The molecule has 96 valence electrons. The molecule has 0 radical (unpaired) electrons. The van der Waals surface area contributed by atoms with E-state index in [2.05, 4.69) is 25.3 Å². The van der Waals surface area contributed by atoms with E-state index in [4.69, 9.17) is 10.5 Å². The van der Waals surface area contributed by atoms with Crippen molar-refractivity contribution < 1.29 is 43.8 Å². The van der Waals surface area contributed by atoms with Crippen molar-refractivity contribution in [1.29, 1.82) is 10.5 Å². The smallest absolute Gasteiger partial charge is 0.696 e. The number of hydrogen-bond acceptors (Lipinski definition) is 4. The molecular formula is C2H16CaN2O8S2. The second kappa shape index (κ2) is 460. The quantitative estimate of drug-likeness (QED) is 0.239. The summed E-state index contributed by atoms with van der Waals surface area (Å²) in [6, 6.07) is 0. The topological polar surface area (TPSA) is 300 Å². The standard InChI is InChI=1S/2CHNS.Ca.8H2O/c2*2-1-3;;;;;;;;;/h2*3H;;8*1H2/q;;+2;;;;;;;;/p-2. The van der Waals surface area contributed by atoms with Crippen LogP contribution in [0.1, 0.15) is 0 Å². The monoisotopic (exact) mass is 300 g/mol. The third kappa shape index (κ3) is 17000. The van der Waals surface area contributed by atoms with Gasteiger partial charge in [0.1, 0.15) is 0 Å². The molecule has 0 aromatic carbocycles. The van der Waals surface area contributed by atoms with Gasteiger partial charge in [0.15, 0.2) is 0 Å². The first kappa shape index (κ1) is 167. The fourth-order valence-electron chi connectivity index (χ4n) is 0. The number of hydrogen-bond donors (Lipinski definition) is 0. The Labute approximate surface area is 127 Å². The van der Waals surface area contributed by atoms with Crippen LogP contribution >= 0.6 is 0 Å². The molecule has 0 saturated carbocycles. The van der Waals surface area contributed by atoms with Gasteiger partial charge in [-0.3, -0.25) is 0 Å². The van der Waals surface area contributed by atoms with Gasteiger partial charge in [0.25, 0.3) is 0 Å². The number of nitrogens with zero attached hydrogens (tertiary/aromatic N) is 2. The fraction of sp³-hybridized carbons (Fsp3) is 0. The molecule has 0 fully saturated rings. The Bertz CT molecular complexity index is 83.6. The average molecular weight is 300 g/mol. The molecule has 0 aliphatic rings. The molecule has 10 nitrogen and oxygen atoms in total. The van der Waals surface area contributed by atoms with Crippen LogP contribution in [0.15, 0.2) is 0 Å². The van der Waals surface area contributed by atoms with E-state index >= 15 is 0 Å². The summed E-state index contributed by atoms with van der Waals surface area (Å²) in [5.41, 5.74) is 0. The number of nitriles is 2. The Morgan fingerprint density at radius 1 is 0.533 bits per heavy atom. The van der Waals surface area contributed by atoms with Crippen LogP contribution in [0.25, 0.3) is 0 Å². The molecule has 0 saturated heterocycles. The van der Waals surface area contributed by atoms with Crippen LogP contribution in [0.3, 0.4) is 0 Å². The summed E-state index contributed by atoms with van der Waals surface area (Å²) in [6.45, 7) is 0. The van der Waals surface area contributed by atoms with Crippen molar-refractivity contribution in [2.45, 2.75) is 0 Å². The molecular weight excluding hydrogens is 284 g/mol. The molecule has 0 unspecified atom stereocenters. The van der Waals surface area contributed by atoms with Crippen molar-refractivity contribution in [2.24, 2.45) is 0 Å². The summed E-state index contributed by atoms with van der Waals surface area (Å²) < 4.78 is 0. The minimum Gasteiger partial charge on any atom is -0.696 e. The van der Waals surface area contributed by atoms with E-state index in [0.29, 0.717) is 0 Å². The van der Waals surface area contributed by atoms with E-state index in [0.717, 1.165) is 0 Å². The first-order valence-corrected chi connectivity index (χ1v) is 1.67. The van der Waals surface area contributed by atoms with E-state index in [1.165, 1.54) is 10.8 Å². The van der Waals surface area contributed by atoms with Crippen LogP contribution in [0.5, 0.6) is 0 Å². The van der Waals surface area contributed by atoms with Crippen molar-refractivity contribution >= 4 is 63.0 Å². The van der Waals surface area contributed by atoms with Crippen molar-refractivity contribution in [2.75, 3.05) is 0 Å². The second-order valence-corrected chi connectivity index (χ2v) is 0.548. The van der Waals surface area contributed by atoms with Crippen LogP contribution in [0.2, 0.25) is 0 Å². The van der Waals surface area contributed by atoms with Crippen molar-refractivity contribution in [3.8, 4) is 10.8 Å². The fourth-order valence-corrected chi connectivity index (χ4v) is 0. The molecule has 0 aromatic heterocycles. The maximum Gasteiger partial charge on any atom is 2.00 e. The Kier molecular flexibility index (Phi) is 5110. The summed E-state index contributed by atoms with van der Waals surface area (Å²) in [4.78, 5) is 0. The predicted octanol–water partition coefficient (Wildman–Crippen LogP) is -6.95. The third-order valence-electron chi connectivity index (χ3n) is 0. The molecule has 0 aromatic rings. The summed E-state index contributed by atoms with van der Waals surface area (Å²) >= 11 is 7.40. The largest absolute Gasteiger partial charge is 2.00 e. The maximum absolute atomic E-state index is 7.13. The van der Waals surface area contributed by atoms with Gasteiger partial charge in [0.05, 0.1) is 0 Å². The molecule has 0 aliphatic carbocycles. The van der Waals surface area contributed by atoms with Crippen LogP contribution in [0, 0.1) is 21.3 Å². The van der Waals surface area contributed by atoms with Gasteiger partial charge in [-0.1, -0.05) is 10.8 Å². The summed E-state index contributed by atoms with van der Waals surface area (Å²) in [7, 11) is 0. The van der Waals surface area contributed by atoms with E-state index < -0.39 is 0 Å². The maximum atomic E-state index is 7.13. The van der Waals surface area contributed by atoms with E-state index in [1.807, 2.05) is 0 Å². The van der Waals surface area contributed by atoms with Crippen LogP contribution in [-0.2, 0) is 25.3 Å². The van der Waals surface area contributed by atoms with E-state index in [1.54, 1.807) is 0 Å². The van der Waals surface area contributed by atoms with Gasteiger partial charge in [-0.15, -0.1) is 0 Å². The Hall–Kier alpha value is 0.360. The van der Waals surface area contributed by atoms with Gasteiger partial charge in [-0.2, -0.15) is 0 Å². The minimum absolute atomic E-state index is 0. The van der Waals surface area contributed by atoms with Gasteiger partial charge in [-0.25, -0.2) is 10.5 Å². The molecule has 0 rings (SSSR count). The zero-order valence-corrected chi connectivity index (χ0v) is 11.3. The van der Waals surface area contributed by atoms with E-state index in [-0.39, 0.29) is 81.5 Å². The third-order valence-corrected chi connectivity index (χ3v) is 0. The van der Waals surface area contributed by atoms with Crippen molar-refractivity contribution in [3.05, 3.63) is 0 Å². The number of rotatable bonds is 0. The molecule has 15 heavy (non-hydrogen) atoms. The Balaban J connectivity index is -0.00000000148.